The molecule has 40 heavy (non-hydrogen) atoms. The Balaban J connectivity index is 1.32. The van der Waals surface area contributed by atoms with Crippen LogP contribution in [0.25, 0.3) is 0 Å². The summed E-state index contributed by atoms with van der Waals surface area (Å²) < 4.78 is 8.24. The predicted octanol–water partition coefficient (Wildman–Crippen LogP) is 6.23. The number of urea groups is 1. The minimum atomic E-state index is -0.640. The second-order valence-electron chi connectivity index (χ2n) is 10.4. The van der Waals surface area contributed by atoms with Crippen molar-refractivity contribution in [1.82, 2.24) is 14.5 Å². The summed E-state index contributed by atoms with van der Waals surface area (Å²) in [6, 6.07) is 39.5. The second-order valence-corrected chi connectivity index (χ2v) is 10.4. The Bertz CT molecular complexity index is 1550. The SMILES string of the molecule is Cc1c(CN2CC3COc4ccccc4N3C2=O)ncn1C(c1ccccc1)(c1ccccc1)c1ccccc1. The molecule has 0 aliphatic carbocycles. The van der Waals surface area contributed by atoms with E-state index in [-0.39, 0.29) is 12.1 Å². The number of carbonyl (C=O) groups is 1. The molecule has 2 aliphatic heterocycles. The zero-order valence-corrected chi connectivity index (χ0v) is 22.4. The molecule has 2 aliphatic rings. The highest BCUT2D eigenvalue weighted by Crippen LogP contribution is 2.42. The number of rotatable bonds is 6. The molecule has 1 unspecified atom stereocenters. The number of hydrogen-bond donors (Lipinski definition) is 0. The summed E-state index contributed by atoms with van der Waals surface area (Å²) in [5.74, 6) is 0.757. The quantitative estimate of drug-likeness (QED) is 0.246. The number of ether oxygens (including phenoxy) is 1. The Kier molecular flexibility index (Phi) is 5.89. The highest BCUT2D eigenvalue weighted by molar-refractivity contribution is 5.97. The molecule has 7 rings (SSSR count). The van der Waals surface area contributed by atoms with Gasteiger partial charge in [0.1, 0.15) is 17.9 Å². The van der Waals surface area contributed by atoms with Gasteiger partial charge in [0, 0.05) is 12.2 Å². The van der Waals surface area contributed by atoms with E-state index in [9.17, 15) is 4.79 Å². The molecule has 4 aromatic carbocycles. The van der Waals surface area contributed by atoms with Gasteiger partial charge in [0.2, 0.25) is 0 Å². The average Bonchev–Trinajstić information content (AvgIpc) is 3.54. The van der Waals surface area contributed by atoms with Crippen LogP contribution in [0.1, 0.15) is 28.1 Å². The Morgan fingerprint density at radius 3 is 1.95 bits per heavy atom. The number of nitrogens with zero attached hydrogens (tertiary/aromatic N) is 4. The molecule has 0 radical (unpaired) electrons. The molecule has 3 heterocycles. The molecular weight excluding hydrogens is 496 g/mol. The van der Waals surface area contributed by atoms with E-state index < -0.39 is 5.54 Å². The number of hydrogen-bond acceptors (Lipinski definition) is 3. The number of anilines is 1. The third-order valence-corrected chi connectivity index (χ3v) is 8.21. The summed E-state index contributed by atoms with van der Waals surface area (Å²) in [6.45, 7) is 3.63. The maximum Gasteiger partial charge on any atom is 0.325 e. The van der Waals surface area contributed by atoms with Crippen molar-refractivity contribution in [2.75, 3.05) is 18.1 Å². The normalized spacial score (nSPS) is 16.4. The first-order chi connectivity index (χ1) is 19.7. The van der Waals surface area contributed by atoms with Gasteiger partial charge in [-0.15, -0.1) is 0 Å². The van der Waals surface area contributed by atoms with E-state index >= 15 is 0 Å². The standard InChI is InChI=1S/C34H30N4O2/c1-25-30(22-36-21-29-23-40-32-20-12-11-19-31(32)38(29)33(36)39)35-24-37(25)34(26-13-5-2-6-14-26,27-15-7-3-8-16-27)28-17-9-4-10-18-28/h2-20,24,29H,21-23H2,1H3. The number of benzene rings is 4. The van der Waals surface area contributed by atoms with Crippen LogP contribution in [0.15, 0.2) is 122 Å². The zero-order chi connectivity index (χ0) is 27.1. The second kappa shape index (κ2) is 9.72. The summed E-state index contributed by atoms with van der Waals surface area (Å²) in [6.07, 6.45) is 1.93. The van der Waals surface area contributed by atoms with E-state index in [0.29, 0.717) is 19.7 Å². The first-order valence-electron chi connectivity index (χ1n) is 13.7. The molecule has 1 saturated heterocycles. The van der Waals surface area contributed by atoms with Crippen LogP contribution in [0.2, 0.25) is 0 Å². The van der Waals surface area contributed by atoms with Crippen molar-refractivity contribution < 1.29 is 9.53 Å². The number of para-hydroxylation sites is 2. The molecule has 2 amide bonds. The van der Waals surface area contributed by atoms with Crippen LogP contribution in [0.5, 0.6) is 5.75 Å². The summed E-state index contributed by atoms with van der Waals surface area (Å²) in [4.78, 5) is 22.4. The highest BCUT2D eigenvalue weighted by atomic mass is 16.5. The Labute approximate surface area is 234 Å². The van der Waals surface area contributed by atoms with Gasteiger partial charge in [0.25, 0.3) is 0 Å². The zero-order valence-electron chi connectivity index (χ0n) is 22.4. The molecule has 198 valence electrons. The average molecular weight is 527 g/mol. The van der Waals surface area contributed by atoms with Crippen LogP contribution in [0.3, 0.4) is 0 Å². The molecule has 0 bridgehead atoms. The smallest absolute Gasteiger partial charge is 0.325 e. The summed E-state index contributed by atoms with van der Waals surface area (Å²) in [5.41, 5.74) is 5.52. The fourth-order valence-corrected chi connectivity index (χ4v) is 6.32. The monoisotopic (exact) mass is 526 g/mol. The van der Waals surface area contributed by atoms with Crippen LogP contribution in [0.4, 0.5) is 10.5 Å². The first-order valence-corrected chi connectivity index (χ1v) is 13.7. The lowest BCUT2D eigenvalue weighted by atomic mass is 9.76. The van der Waals surface area contributed by atoms with Crippen LogP contribution < -0.4 is 9.64 Å². The van der Waals surface area contributed by atoms with Gasteiger partial charge in [0.05, 0.1) is 30.3 Å². The summed E-state index contributed by atoms with van der Waals surface area (Å²) in [5, 5.41) is 0. The van der Waals surface area contributed by atoms with Crippen molar-refractivity contribution >= 4 is 11.7 Å². The molecule has 0 spiro atoms. The number of imidazole rings is 1. The van der Waals surface area contributed by atoms with E-state index in [1.165, 1.54) is 0 Å². The van der Waals surface area contributed by atoms with Crippen molar-refractivity contribution in [3.8, 4) is 5.75 Å². The molecule has 0 N–H and O–H groups in total. The van der Waals surface area contributed by atoms with E-state index in [1.807, 2.05) is 58.6 Å². The Hall–Kier alpha value is -4.84. The molecular formula is C34H30N4O2. The van der Waals surface area contributed by atoms with Gasteiger partial charge in [-0.05, 0) is 35.7 Å². The van der Waals surface area contributed by atoms with Gasteiger partial charge in [-0.1, -0.05) is 103 Å². The lowest BCUT2D eigenvalue weighted by Crippen LogP contribution is -2.41. The lowest BCUT2D eigenvalue weighted by Gasteiger charge is -2.38. The minimum Gasteiger partial charge on any atom is -0.489 e. The molecule has 6 nitrogen and oxygen atoms in total. The van der Waals surface area contributed by atoms with Crippen LogP contribution in [-0.4, -0.2) is 39.7 Å². The maximum atomic E-state index is 13.6. The van der Waals surface area contributed by atoms with E-state index in [0.717, 1.165) is 39.5 Å². The van der Waals surface area contributed by atoms with Gasteiger partial charge >= 0.3 is 6.03 Å². The van der Waals surface area contributed by atoms with Crippen molar-refractivity contribution in [2.24, 2.45) is 0 Å². The van der Waals surface area contributed by atoms with Gasteiger partial charge in [-0.2, -0.15) is 0 Å². The molecule has 1 fully saturated rings. The molecule has 1 aromatic heterocycles. The predicted molar refractivity (Wildman–Crippen MR) is 156 cm³/mol. The summed E-state index contributed by atoms with van der Waals surface area (Å²) in [7, 11) is 0. The number of amides is 2. The maximum absolute atomic E-state index is 13.6. The fourth-order valence-electron chi connectivity index (χ4n) is 6.32. The fraction of sp³-hybridized carbons (Fsp3) is 0.176. The molecule has 0 saturated carbocycles. The van der Waals surface area contributed by atoms with Crippen LogP contribution in [-0.2, 0) is 12.1 Å². The Morgan fingerprint density at radius 1 is 0.800 bits per heavy atom. The largest absolute Gasteiger partial charge is 0.489 e. The van der Waals surface area contributed by atoms with E-state index in [1.54, 1.807) is 0 Å². The number of fused-ring (bicyclic) bond motifs is 3. The lowest BCUT2D eigenvalue weighted by molar-refractivity contribution is 0.217. The third-order valence-electron chi connectivity index (χ3n) is 8.21. The van der Waals surface area contributed by atoms with Crippen LogP contribution >= 0.6 is 0 Å². The molecule has 6 heteroatoms. The van der Waals surface area contributed by atoms with E-state index in [2.05, 4.69) is 84.3 Å². The Morgan fingerprint density at radius 2 is 1.35 bits per heavy atom. The first kappa shape index (κ1) is 24.2. The van der Waals surface area contributed by atoms with Gasteiger partial charge < -0.3 is 14.2 Å². The number of aromatic nitrogens is 2. The van der Waals surface area contributed by atoms with Crippen molar-refractivity contribution in [3.05, 3.63) is 150 Å². The van der Waals surface area contributed by atoms with Crippen molar-refractivity contribution in [1.29, 1.82) is 0 Å². The van der Waals surface area contributed by atoms with Gasteiger partial charge in [0.15, 0.2) is 0 Å². The van der Waals surface area contributed by atoms with Gasteiger partial charge in [-0.25, -0.2) is 9.78 Å². The van der Waals surface area contributed by atoms with Crippen molar-refractivity contribution in [3.63, 3.8) is 0 Å². The molecule has 5 aromatic rings. The minimum absolute atomic E-state index is 0.00450. The topological polar surface area (TPSA) is 50.6 Å². The summed E-state index contributed by atoms with van der Waals surface area (Å²) >= 11 is 0. The van der Waals surface area contributed by atoms with Crippen molar-refractivity contribution in [2.45, 2.75) is 25.0 Å². The third kappa shape index (κ3) is 3.71. The number of carbonyl (C=O) groups excluding carboxylic acids is 1. The van der Waals surface area contributed by atoms with E-state index in [4.69, 9.17) is 9.72 Å². The van der Waals surface area contributed by atoms with Crippen LogP contribution in [0, 0.1) is 6.92 Å². The van der Waals surface area contributed by atoms with Gasteiger partial charge in [-0.3, -0.25) is 4.90 Å². The highest BCUT2D eigenvalue weighted by Gasteiger charge is 2.44. The molecule has 1 atom stereocenters.